The number of nitrogens with one attached hydrogen (secondary N) is 1. The zero-order valence-electron chi connectivity index (χ0n) is 10.9. The Hall–Kier alpha value is -0.610. The van der Waals surface area contributed by atoms with Gasteiger partial charge in [-0.05, 0) is 32.6 Å². The van der Waals surface area contributed by atoms with Gasteiger partial charge in [-0.3, -0.25) is 4.79 Å². The molecule has 1 aliphatic rings. The smallest absolute Gasteiger partial charge is 0.308 e. The van der Waals surface area contributed by atoms with Crippen LogP contribution in [0, 0.1) is 5.92 Å². The molecule has 1 fully saturated rings. The predicted octanol–water partition coefficient (Wildman–Crippen LogP) is 1.47. The lowest BCUT2D eigenvalue weighted by molar-refractivity contribution is -0.145. The lowest BCUT2D eigenvalue weighted by Crippen LogP contribution is -2.38. The van der Waals surface area contributed by atoms with E-state index in [1.165, 1.54) is 25.7 Å². The maximum Gasteiger partial charge on any atom is 0.308 e. The third-order valence-corrected chi connectivity index (χ3v) is 3.49. The van der Waals surface area contributed by atoms with Crippen LogP contribution in [0.5, 0.6) is 0 Å². The van der Waals surface area contributed by atoms with Crippen molar-refractivity contribution in [3.63, 3.8) is 0 Å². The van der Waals surface area contributed by atoms with Crippen LogP contribution >= 0.6 is 0 Å². The maximum absolute atomic E-state index is 11.1. The molecule has 0 radical (unpaired) electrons. The normalized spacial score (nSPS) is 20.2. The van der Waals surface area contributed by atoms with Crippen LogP contribution in [-0.4, -0.2) is 36.4 Å². The molecule has 0 aromatic heterocycles. The van der Waals surface area contributed by atoms with Gasteiger partial charge < -0.3 is 15.2 Å². The highest BCUT2D eigenvalue weighted by atomic mass is 16.5. The van der Waals surface area contributed by atoms with Crippen molar-refractivity contribution in [3.8, 4) is 0 Å². The van der Waals surface area contributed by atoms with E-state index in [1.807, 2.05) is 0 Å². The SMILES string of the molecule is CCOC(=O)CC(O)CN[C@@H](C)C1CCCC1. The van der Waals surface area contributed by atoms with Gasteiger partial charge in [0.05, 0.1) is 19.1 Å². The Bertz CT molecular complexity index is 227. The second-order valence-corrected chi connectivity index (χ2v) is 4.90. The van der Waals surface area contributed by atoms with Crippen molar-refractivity contribution in [2.45, 2.75) is 58.1 Å². The molecule has 17 heavy (non-hydrogen) atoms. The average molecular weight is 243 g/mol. The Labute approximate surface area is 104 Å². The van der Waals surface area contributed by atoms with Crippen molar-refractivity contribution in [2.24, 2.45) is 5.92 Å². The Morgan fingerprint density at radius 3 is 2.71 bits per heavy atom. The summed E-state index contributed by atoms with van der Waals surface area (Å²) in [5.74, 6) is 0.403. The van der Waals surface area contributed by atoms with Crippen LogP contribution in [-0.2, 0) is 9.53 Å². The van der Waals surface area contributed by atoms with Gasteiger partial charge in [-0.2, -0.15) is 0 Å². The van der Waals surface area contributed by atoms with E-state index in [2.05, 4.69) is 12.2 Å². The molecule has 1 aliphatic carbocycles. The first kappa shape index (κ1) is 14.5. The molecule has 4 nitrogen and oxygen atoms in total. The molecule has 0 amide bonds. The standard InChI is InChI=1S/C13H25NO3/c1-3-17-13(16)8-12(15)9-14-10(2)11-6-4-5-7-11/h10-12,14-15H,3-9H2,1-2H3/t10-,12?/m0/s1. The summed E-state index contributed by atoms with van der Waals surface area (Å²) in [7, 11) is 0. The molecule has 0 heterocycles. The van der Waals surface area contributed by atoms with Gasteiger partial charge in [-0.1, -0.05) is 12.8 Å². The number of esters is 1. The van der Waals surface area contributed by atoms with Crippen LogP contribution in [0.3, 0.4) is 0 Å². The molecule has 1 rings (SSSR count). The van der Waals surface area contributed by atoms with E-state index in [9.17, 15) is 9.90 Å². The molecule has 0 aromatic carbocycles. The summed E-state index contributed by atoms with van der Waals surface area (Å²) in [6.45, 7) is 4.77. The van der Waals surface area contributed by atoms with Crippen LogP contribution in [0.2, 0.25) is 0 Å². The molecule has 100 valence electrons. The fourth-order valence-corrected chi connectivity index (χ4v) is 2.43. The van der Waals surface area contributed by atoms with Gasteiger partial charge in [-0.25, -0.2) is 0 Å². The van der Waals surface area contributed by atoms with E-state index >= 15 is 0 Å². The van der Waals surface area contributed by atoms with Crippen LogP contribution < -0.4 is 5.32 Å². The maximum atomic E-state index is 11.1. The zero-order valence-corrected chi connectivity index (χ0v) is 10.9. The quantitative estimate of drug-likeness (QED) is 0.665. The molecule has 0 aromatic rings. The van der Waals surface area contributed by atoms with Crippen molar-refractivity contribution in [1.82, 2.24) is 5.32 Å². The molecule has 1 unspecified atom stereocenters. The van der Waals surface area contributed by atoms with E-state index in [-0.39, 0.29) is 12.4 Å². The molecule has 0 spiro atoms. The Morgan fingerprint density at radius 1 is 1.47 bits per heavy atom. The summed E-state index contributed by atoms with van der Waals surface area (Å²) < 4.78 is 4.79. The number of aliphatic hydroxyl groups excluding tert-OH is 1. The first-order valence-corrected chi connectivity index (χ1v) is 6.70. The predicted molar refractivity (Wildman–Crippen MR) is 66.7 cm³/mol. The average Bonchev–Trinajstić information content (AvgIpc) is 2.79. The fourth-order valence-electron chi connectivity index (χ4n) is 2.43. The van der Waals surface area contributed by atoms with Crippen molar-refractivity contribution >= 4 is 5.97 Å². The van der Waals surface area contributed by atoms with E-state index in [0.717, 1.165) is 5.92 Å². The lowest BCUT2D eigenvalue weighted by Gasteiger charge is -2.22. The van der Waals surface area contributed by atoms with E-state index in [4.69, 9.17) is 4.74 Å². The van der Waals surface area contributed by atoms with Gasteiger partial charge in [0.25, 0.3) is 0 Å². The summed E-state index contributed by atoms with van der Waals surface area (Å²) in [6.07, 6.45) is 4.64. The van der Waals surface area contributed by atoms with Gasteiger partial charge in [0.15, 0.2) is 0 Å². The molecule has 2 atom stereocenters. The number of hydrogen-bond donors (Lipinski definition) is 2. The third kappa shape index (κ3) is 5.50. The lowest BCUT2D eigenvalue weighted by atomic mass is 9.99. The van der Waals surface area contributed by atoms with Gasteiger partial charge in [0, 0.05) is 12.6 Å². The van der Waals surface area contributed by atoms with Crippen molar-refractivity contribution < 1.29 is 14.6 Å². The summed E-state index contributed by atoms with van der Waals surface area (Å²) in [6, 6.07) is 0.425. The number of aliphatic hydroxyl groups is 1. The number of carbonyl (C=O) groups is 1. The van der Waals surface area contributed by atoms with Crippen molar-refractivity contribution in [3.05, 3.63) is 0 Å². The second kappa shape index (κ2) is 7.67. The minimum Gasteiger partial charge on any atom is -0.466 e. The molecule has 4 heteroatoms. The highest BCUT2D eigenvalue weighted by molar-refractivity contribution is 5.69. The minimum atomic E-state index is -0.641. The van der Waals surface area contributed by atoms with E-state index in [1.54, 1.807) is 6.92 Å². The molecule has 0 aliphatic heterocycles. The Morgan fingerprint density at radius 2 is 2.12 bits per heavy atom. The summed E-state index contributed by atoms with van der Waals surface area (Å²) >= 11 is 0. The third-order valence-electron chi connectivity index (χ3n) is 3.49. The number of rotatable bonds is 7. The summed E-state index contributed by atoms with van der Waals surface area (Å²) in [5.41, 5.74) is 0. The van der Waals surface area contributed by atoms with Crippen LogP contribution in [0.4, 0.5) is 0 Å². The highest BCUT2D eigenvalue weighted by Crippen LogP contribution is 2.27. The zero-order chi connectivity index (χ0) is 12.7. The molecule has 0 saturated heterocycles. The first-order valence-electron chi connectivity index (χ1n) is 6.70. The van der Waals surface area contributed by atoms with E-state index in [0.29, 0.717) is 19.2 Å². The number of carbonyl (C=O) groups excluding carboxylic acids is 1. The number of ether oxygens (including phenoxy) is 1. The molecule has 2 N–H and O–H groups in total. The molecular formula is C13H25NO3. The second-order valence-electron chi connectivity index (χ2n) is 4.90. The van der Waals surface area contributed by atoms with Gasteiger partial charge in [0.2, 0.25) is 0 Å². The molecule has 1 saturated carbocycles. The van der Waals surface area contributed by atoms with Crippen molar-refractivity contribution in [1.29, 1.82) is 0 Å². The summed E-state index contributed by atoms with van der Waals surface area (Å²) in [5, 5.41) is 13.0. The molecule has 0 bridgehead atoms. The van der Waals surface area contributed by atoms with Crippen LogP contribution in [0.25, 0.3) is 0 Å². The van der Waals surface area contributed by atoms with Gasteiger partial charge >= 0.3 is 5.97 Å². The molecular weight excluding hydrogens is 218 g/mol. The topological polar surface area (TPSA) is 58.6 Å². The fraction of sp³-hybridized carbons (Fsp3) is 0.923. The highest BCUT2D eigenvalue weighted by Gasteiger charge is 2.22. The minimum absolute atomic E-state index is 0.0816. The monoisotopic (exact) mass is 243 g/mol. The van der Waals surface area contributed by atoms with Crippen molar-refractivity contribution in [2.75, 3.05) is 13.2 Å². The number of hydrogen-bond acceptors (Lipinski definition) is 4. The Kier molecular flexibility index (Phi) is 6.52. The van der Waals surface area contributed by atoms with E-state index < -0.39 is 6.10 Å². The van der Waals surface area contributed by atoms with Gasteiger partial charge in [-0.15, -0.1) is 0 Å². The summed E-state index contributed by atoms with van der Waals surface area (Å²) in [4.78, 5) is 11.1. The van der Waals surface area contributed by atoms with Crippen LogP contribution in [0.15, 0.2) is 0 Å². The Balaban J connectivity index is 2.13. The van der Waals surface area contributed by atoms with Gasteiger partial charge in [0.1, 0.15) is 0 Å². The first-order chi connectivity index (χ1) is 8.13. The van der Waals surface area contributed by atoms with Crippen LogP contribution in [0.1, 0.15) is 46.0 Å². The largest absolute Gasteiger partial charge is 0.466 e.